The maximum absolute atomic E-state index is 5.93. The number of oxazole rings is 1. The summed E-state index contributed by atoms with van der Waals surface area (Å²) in [6, 6.07) is 51.1. The van der Waals surface area contributed by atoms with E-state index in [1.54, 1.807) is 0 Å². The number of aromatic nitrogens is 2. The molecule has 8 rings (SSSR count). The Hall–Kier alpha value is -5.41. The van der Waals surface area contributed by atoms with Crippen molar-refractivity contribution in [2.24, 2.45) is 0 Å². The van der Waals surface area contributed by atoms with Crippen LogP contribution < -0.4 is 0 Å². The van der Waals surface area contributed by atoms with Gasteiger partial charge in [-0.15, -0.1) is 0 Å². The van der Waals surface area contributed by atoms with Gasteiger partial charge in [-0.1, -0.05) is 97.1 Å². The summed E-state index contributed by atoms with van der Waals surface area (Å²) in [6.45, 7) is 0. The minimum atomic E-state index is 0.646. The van der Waals surface area contributed by atoms with E-state index in [1.165, 1.54) is 38.5 Å². The maximum Gasteiger partial charge on any atom is 0.227 e. The van der Waals surface area contributed by atoms with Crippen molar-refractivity contribution in [2.45, 2.75) is 0 Å². The zero-order valence-corrected chi connectivity index (χ0v) is 21.7. The van der Waals surface area contributed by atoms with Crippen molar-refractivity contribution < 1.29 is 4.42 Å². The molecule has 2 heterocycles. The lowest BCUT2D eigenvalue weighted by Gasteiger charge is -2.10. The Labute approximate surface area is 231 Å². The Morgan fingerprint density at radius 3 is 1.43 bits per heavy atom. The summed E-state index contributed by atoms with van der Waals surface area (Å²) in [5, 5.41) is 2.55. The van der Waals surface area contributed by atoms with Crippen molar-refractivity contribution in [2.75, 3.05) is 0 Å². The van der Waals surface area contributed by atoms with Gasteiger partial charge in [0, 0.05) is 22.0 Å². The van der Waals surface area contributed by atoms with Gasteiger partial charge in [-0.25, -0.2) is 4.98 Å². The van der Waals surface area contributed by atoms with Crippen LogP contribution >= 0.6 is 0 Å². The van der Waals surface area contributed by atoms with E-state index in [4.69, 9.17) is 4.42 Å². The Morgan fingerprint density at radius 1 is 0.425 bits per heavy atom. The molecule has 0 fully saturated rings. The van der Waals surface area contributed by atoms with E-state index in [-0.39, 0.29) is 0 Å². The number of benzene rings is 6. The molecule has 0 aliphatic heterocycles. The summed E-state index contributed by atoms with van der Waals surface area (Å²) in [7, 11) is 0. The van der Waals surface area contributed by atoms with Crippen molar-refractivity contribution in [3.63, 3.8) is 0 Å². The molecule has 6 aromatic carbocycles. The zero-order chi connectivity index (χ0) is 26.5. The predicted molar refractivity (Wildman–Crippen MR) is 165 cm³/mol. The highest BCUT2D eigenvalue weighted by molar-refractivity contribution is 6.09. The third-order valence-corrected chi connectivity index (χ3v) is 7.68. The SMILES string of the molecule is c1ccc2oc(-c3ccc(-c4ccc(-c5ccc(-n6c7ccccc7c7ccccc76)cc5)cc4)cc3)nc2c1. The molecule has 8 aromatic rings. The second-order valence-corrected chi connectivity index (χ2v) is 10.1. The van der Waals surface area contributed by atoms with Crippen LogP contribution in [0.1, 0.15) is 0 Å². The van der Waals surface area contributed by atoms with E-state index in [1.807, 2.05) is 24.3 Å². The molecule has 0 radical (unpaired) electrons. The van der Waals surface area contributed by atoms with Crippen LogP contribution in [0.25, 0.3) is 72.3 Å². The summed E-state index contributed by atoms with van der Waals surface area (Å²) in [4.78, 5) is 4.61. The zero-order valence-electron chi connectivity index (χ0n) is 21.7. The minimum absolute atomic E-state index is 0.646. The fraction of sp³-hybridized carbons (Fsp3) is 0. The Bertz CT molecular complexity index is 2040. The summed E-state index contributed by atoms with van der Waals surface area (Å²) in [5.74, 6) is 0.646. The summed E-state index contributed by atoms with van der Waals surface area (Å²) < 4.78 is 8.28. The van der Waals surface area contributed by atoms with Crippen molar-refractivity contribution in [1.29, 1.82) is 0 Å². The van der Waals surface area contributed by atoms with Gasteiger partial charge in [0.2, 0.25) is 5.89 Å². The highest BCUT2D eigenvalue weighted by Crippen LogP contribution is 2.33. The third kappa shape index (κ3) is 3.71. The van der Waals surface area contributed by atoms with Gasteiger partial charge in [0.1, 0.15) is 5.52 Å². The largest absolute Gasteiger partial charge is 0.436 e. The lowest BCUT2D eigenvalue weighted by molar-refractivity contribution is 0.620. The average Bonchev–Trinajstić information content (AvgIpc) is 3.61. The molecule has 0 N–H and O–H groups in total. The van der Waals surface area contributed by atoms with Crippen molar-refractivity contribution in [3.05, 3.63) is 146 Å². The molecule has 40 heavy (non-hydrogen) atoms. The van der Waals surface area contributed by atoms with Crippen LogP contribution in [0, 0.1) is 0 Å². The monoisotopic (exact) mass is 512 g/mol. The first-order valence-corrected chi connectivity index (χ1v) is 13.5. The number of hydrogen-bond donors (Lipinski definition) is 0. The highest BCUT2D eigenvalue weighted by atomic mass is 16.3. The lowest BCUT2D eigenvalue weighted by atomic mass is 9.99. The van der Waals surface area contributed by atoms with Gasteiger partial charge in [-0.3, -0.25) is 0 Å². The van der Waals surface area contributed by atoms with Crippen LogP contribution in [0.5, 0.6) is 0 Å². The minimum Gasteiger partial charge on any atom is -0.436 e. The molecule has 0 aliphatic rings. The lowest BCUT2D eigenvalue weighted by Crippen LogP contribution is -1.93. The van der Waals surface area contributed by atoms with Crippen molar-refractivity contribution in [3.8, 4) is 39.4 Å². The van der Waals surface area contributed by atoms with E-state index in [0.29, 0.717) is 5.89 Å². The summed E-state index contributed by atoms with van der Waals surface area (Å²) in [6.07, 6.45) is 0. The van der Waals surface area contributed by atoms with E-state index in [2.05, 4.69) is 131 Å². The predicted octanol–water partition coefficient (Wildman–Crippen LogP) is 9.93. The van der Waals surface area contributed by atoms with Crippen molar-refractivity contribution >= 4 is 32.9 Å². The average molecular weight is 513 g/mol. The first-order valence-electron chi connectivity index (χ1n) is 13.5. The molecule has 0 saturated carbocycles. The van der Waals surface area contributed by atoms with Gasteiger partial charge in [0.25, 0.3) is 0 Å². The van der Waals surface area contributed by atoms with E-state index in [9.17, 15) is 0 Å². The second-order valence-electron chi connectivity index (χ2n) is 10.1. The van der Waals surface area contributed by atoms with Crippen LogP contribution in [0.2, 0.25) is 0 Å². The molecule has 0 bridgehead atoms. The molecule has 0 spiro atoms. The summed E-state index contributed by atoms with van der Waals surface area (Å²) >= 11 is 0. The van der Waals surface area contributed by atoms with E-state index < -0.39 is 0 Å². The van der Waals surface area contributed by atoms with Gasteiger partial charge in [0.05, 0.1) is 11.0 Å². The van der Waals surface area contributed by atoms with E-state index >= 15 is 0 Å². The van der Waals surface area contributed by atoms with Crippen LogP contribution in [-0.4, -0.2) is 9.55 Å². The molecule has 0 saturated heterocycles. The van der Waals surface area contributed by atoms with Gasteiger partial charge in [-0.05, 0) is 70.8 Å². The van der Waals surface area contributed by atoms with Gasteiger partial charge < -0.3 is 8.98 Å². The quantitative estimate of drug-likeness (QED) is 0.235. The number of hydrogen-bond acceptors (Lipinski definition) is 2. The number of rotatable bonds is 4. The number of nitrogens with zero attached hydrogens (tertiary/aromatic N) is 2. The van der Waals surface area contributed by atoms with E-state index in [0.717, 1.165) is 27.9 Å². The number of para-hydroxylation sites is 4. The Morgan fingerprint density at radius 2 is 0.875 bits per heavy atom. The summed E-state index contributed by atoms with van der Waals surface area (Å²) in [5.41, 5.74) is 11.0. The van der Waals surface area contributed by atoms with Crippen LogP contribution in [0.3, 0.4) is 0 Å². The fourth-order valence-corrected chi connectivity index (χ4v) is 5.66. The van der Waals surface area contributed by atoms with Crippen molar-refractivity contribution in [1.82, 2.24) is 9.55 Å². The van der Waals surface area contributed by atoms with Crippen LogP contribution in [-0.2, 0) is 0 Å². The first-order chi connectivity index (χ1) is 19.8. The molecule has 3 nitrogen and oxygen atoms in total. The second kappa shape index (κ2) is 9.11. The molecular weight excluding hydrogens is 488 g/mol. The molecule has 0 amide bonds. The van der Waals surface area contributed by atoms with Gasteiger partial charge >= 0.3 is 0 Å². The topological polar surface area (TPSA) is 31.0 Å². The van der Waals surface area contributed by atoms with Gasteiger partial charge in [0.15, 0.2) is 5.58 Å². The maximum atomic E-state index is 5.93. The fourth-order valence-electron chi connectivity index (χ4n) is 5.66. The molecule has 0 atom stereocenters. The normalized spacial score (nSPS) is 11.5. The number of fused-ring (bicyclic) bond motifs is 4. The third-order valence-electron chi connectivity index (χ3n) is 7.68. The highest BCUT2D eigenvalue weighted by Gasteiger charge is 2.12. The van der Waals surface area contributed by atoms with Crippen LogP contribution in [0.15, 0.2) is 150 Å². The Kier molecular flexibility index (Phi) is 5.14. The molecule has 0 unspecified atom stereocenters. The molecule has 3 heteroatoms. The molecule has 0 aliphatic carbocycles. The Balaban J connectivity index is 1.07. The molecule has 188 valence electrons. The molecule has 2 aromatic heterocycles. The molecular formula is C37H24N2O. The standard InChI is InChI=1S/C37H24N2O/c1-4-10-34-31(7-1)32-8-2-5-11-35(32)39(34)30-23-21-28(22-24-30)26-15-13-25(14-16-26)27-17-19-29(20-18-27)37-38-33-9-3-6-12-36(33)40-37/h1-24H. The van der Waals surface area contributed by atoms with Crippen LogP contribution in [0.4, 0.5) is 0 Å². The first kappa shape index (κ1) is 22.6. The smallest absolute Gasteiger partial charge is 0.227 e. The van der Waals surface area contributed by atoms with Gasteiger partial charge in [-0.2, -0.15) is 0 Å².